The summed E-state index contributed by atoms with van der Waals surface area (Å²) in [5, 5.41) is 0. The summed E-state index contributed by atoms with van der Waals surface area (Å²) in [5.74, 6) is 0.774. The van der Waals surface area contributed by atoms with Crippen molar-refractivity contribution in [2.75, 3.05) is 33.9 Å². The van der Waals surface area contributed by atoms with Crippen molar-refractivity contribution in [1.82, 2.24) is 19.8 Å². The zero-order valence-electron chi connectivity index (χ0n) is 18.4. The lowest BCUT2D eigenvalue weighted by Crippen LogP contribution is -2.42. The van der Waals surface area contributed by atoms with Crippen molar-refractivity contribution in [1.29, 1.82) is 0 Å². The Kier molecular flexibility index (Phi) is 7.94. The van der Waals surface area contributed by atoms with E-state index in [2.05, 4.69) is 9.97 Å². The highest BCUT2D eigenvalue weighted by atomic mass is 16.5. The summed E-state index contributed by atoms with van der Waals surface area (Å²) < 4.78 is 11.0. The van der Waals surface area contributed by atoms with E-state index in [9.17, 15) is 9.59 Å². The van der Waals surface area contributed by atoms with E-state index in [0.717, 1.165) is 24.3 Å². The molecule has 0 spiro atoms. The average molecular weight is 427 g/mol. The monoisotopic (exact) mass is 426 g/mol. The summed E-state index contributed by atoms with van der Waals surface area (Å²) in [4.78, 5) is 36.6. The first-order valence-electron chi connectivity index (χ1n) is 10.6. The fraction of sp³-hybridized carbons (Fsp3) is 0.478. The number of ether oxygens (including phenoxy) is 2. The van der Waals surface area contributed by atoms with Crippen LogP contribution in [0.25, 0.3) is 0 Å². The van der Waals surface area contributed by atoms with Gasteiger partial charge in [-0.25, -0.2) is 9.97 Å². The average Bonchev–Trinajstić information content (AvgIpc) is 2.82. The summed E-state index contributed by atoms with van der Waals surface area (Å²) in [5.41, 5.74) is 1.38. The number of methoxy groups -OCH3 is 1. The molecular formula is C23H30N4O4. The van der Waals surface area contributed by atoms with Crippen LogP contribution >= 0.6 is 0 Å². The van der Waals surface area contributed by atoms with Crippen molar-refractivity contribution in [3.8, 4) is 5.75 Å². The molecule has 1 atom stereocenters. The predicted octanol–water partition coefficient (Wildman–Crippen LogP) is 2.72. The molecule has 8 heteroatoms. The van der Waals surface area contributed by atoms with Crippen LogP contribution in [0.3, 0.4) is 0 Å². The number of amides is 2. The van der Waals surface area contributed by atoms with Gasteiger partial charge in [0.15, 0.2) is 0 Å². The number of aromatic nitrogens is 2. The fourth-order valence-corrected chi connectivity index (χ4v) is 3.57. The van der Waals surface area contributed by atoms with E-state index >= 15 is 0 Å². The van der Waals surface area contributed by atoms with Gasteiger partial charge in [0, 0.05) is 51.8 Å². The van der Waals surface area contributed by atoms with E-state index in [-0.39, 0.29) is 24.0 Å². The first kappa shape index (κ1) is 22.7. The molecule has 3 rings (SSSR count). The van der Waals surface area contributed by atoms with E-state index in [1.165, 1.54) is 6.33 Å². The van der Waals surface area contributed by atoms with Gasteiger partial charge in [-0.3, -0.25) is 9.59 Å². The molecule has 1 fully saturated rings. The molecule has 1 aromatic heterocycles. The first-order chi connectivity index (χ1) is 15.0. The second-order valence-corrected chi connectivity index (χ2v) is 7.69. The minimum Gasteiger partial charge on any atom is -0.490 e. The second kappa shape index (κ2) is 10.9. The number of benzene rings is 1. The number of hydrogen-bond donors (Lipinski definition) is 0. The maximum absolute atomic E-state index is 12.8. The van der Waals surface area contributed by atoms with Gasteiger partial charge in [0.25, 0.3) is 5.91 Å². The van der Waals surface area contributed by atoms with Crippen LogP contribution in [0.15, 0.2) is 42.9 Å². The summed E-state index contributed by atoms with van der Waals surface area (Å²) in [6.07, 6.45) is 5.21. The molecular weight excluding hydrogens is 396 g/mol. The van der Waals surface area contributed by atoms with Gasteiger partial charge in [0.1, 0.15) is 18.2 Å². The van der Waals surface area contributed by atoms with Gasteiger partial charge in [-0.1, -0.05) is 0 Å². The lowest BCUT2D eigenvalue weighted by Gasteiger charge is -2.32. The zero-order chi connectivity index (χ0) is 22.2. The van der Waals surface area contributed by atoms with Crippen molar-refractivity contribution >= 4 is 11.8 Å². The van der Waals surface area contributed by atoms with Gasteiger partial charge in [-0.05, 0) is 37.3 Å². The van der Waals surface area contributed by atoms with Gasteiger partial charge in [-0.2, -0.15) is 0 Å². The number of hydrogen-bond acceptors (Lipinski definition) is 6. The van der Waals surface area contributed by atoms with Crippen molar-refractivity contribution in [3.63, 3.8) is 0 Å². The number of nitrogens with zero attached hydrogens (tertiary/aromatic N) is 4. The SMILES string of the molecule is COCCC(=O)N1CCC(Oc2ccc(C(=O)N(C)C(C)c3ccncn3)cc2)CC1. The molecule has 1 aromatic carbocycles. The minimum absolute atomic E-state index is 0.0634. The molecule has 0 N–H and O–H groups in total. The molecule has 0 saturated carbocycles. The first-order valence-corrected chi connectivity index (χ1v) is 10.6. The fourth-order valence-electron chi connectivity index (χ4n) is 3.57. The van der Waals surface area contributed by atoms with Crippen molar-refractivity contribution in [3.05, 3.63) is 54.1 Å². The normalized spacial score (nSPS) is 15.4. The van der Waals surface area contributed by atoms with Crippen molar-refractivity contribution < 1.29 is 19.1 Å². The molecule has 1 aliphatic heterocycles. The van der Waals surface area contributed by atoms with Crippen LogP contribution in [0.5, 0.6) is 5.75 Å². The molecule has 0 aliphatic carbocycles. The number of carbonyl (C=O) groups is 2. The third-order valence-corrected chi connectivity index (χ3v) is 5.65. The Morgan fingerprint density at radius 1 is 1.19 bits per heavy atom. The minimum atomic E-state index is -0.164. The number of likely N-dealkylation sites (tertiary alicyclic amines) is 1. The Morgan fingerprint density at radius 2 is 1.90 bits per heavy atom. The maximum Gasteiger partial charge on any atom is 0.254 e. The van der Waals surface area contributed by atoms with E-state index in [1.807, 2.05) is 30.0 Å². The number of rotatable bonds is 8. The standard InChI is InChI=1S/C23H30N4O4/c1-17(21-8-12-24-16-25-21)26(2)23(29)18-4-6-19(7-5-18)31-20-9-13-27(14-10-20)22(28)11-15-30-3/h4-8,12,16-17,20H,9-11,13-15H2,1-3H3. The molecule has 31 heavy (non-hydrogen) atoms. The topological polar surface area (TPSA) is 84.9 Å². The maximum atomic E-state index is 12.8. The van der Waals surface area contributed by atoms with Gasteiger partial charge < -0.3 is 19.3 Å². The van der Waals surface area contributed by atoms with Gasteiger partial charge in [0.2, 0.25) is 5.91 Å². The third-order valence-electron chi connectivity index (χ3n) is 5.65. The van der Waals surface area contributed by atoms with E-state index in [0.29, 0.717) is 31.7 Å². The summed E-state index contributed by atoms with van der Waals surface area (Å²) in [7, 11) is 3.37. The quantitative estimate of drug-likeness (QED) is 0.645. The summed E-state index contributed by atoms with van der Waals surface area (Å²) in [6.45, 7) is 3.77. The van der Waals surface area contributed by atoms with Crippen LogP contribution in [0, 0.1) is 0 Å². The zero-order valence-corrected chi connectivity index (χ0v) is 18.4. The van der Waals surface area contributed by atoms with E-state index < -0.39 is 0 Å². The Balaban J connectivity index is 1.51. The lowest BCUT2D eigenvalue weighted by atomic mass is 10.1. The van der Waals surface area contributed by atoms with Gasteiger partial charge in [0.05, 0.1) is 24.8 Å². The highest BCUT2D eigenvalue weighted by Gasteiger charge is 2.24. The largest absolute Gasteiger partial charge is 0.490 e. The number of carbonyl (C=O) groups excluding carboxylic acids is 2. The van der Waals surface area contributed by atoms with E-state index in [1.54, 1.807) is 37.4 Å². The summed E-state index contributed by atoms with van der Waals surface area (Å²) >= 11 is 0. The Labute approximate surface area is 183 Å². The van der Waals surface area contributed by atoms with Crippen LogP contribution in [-0.2, 0) is 9.53 Å². The molecule has 0 radical (unpaired) electrons. The molecule has 8 nitrogen and oxygen atoms in total. The van der Waals surface area contributed by atoms with Crippen LogP contribution in [0.2, 0.25) is 0 Å². The molecule has 2 aromatic rings. The molecule has 0 bridgehead atoms. The highest BCUT2D eigenvalue weighted by molar-refractivity contribution is 5.94. The van der Waals surface area contributed by atoms with Crippen LogP contribution in [0.4, 0.5) is 0 Å². The molecule has 1 saturated heterocycles. The summed E-state index contributed by atoms with van der Waals surface area (Å²) in [6, 6.07) is 8.86. The van der Waals surface area contributed by atoms with E-state index in [4.69, 9.17) is 9.47 Å². The third kappa shape index (κ3) is 6.01. The predicted molar refractivity (Wildman–Crippen MR) is 116 cm³/mol. The van der Waals surface area contributed by atoms with Crippen LogP contribution in [-0.4, -0.2) is 71.5 Å². The molecule has 2 amide bonds. The Morgan fingerprint density at radius 3 is 2.52 bits per heavy atom. The van der Waals surface area contributed by atoms with Crippen molar-refractivity contribution in [2.24, 2.45) is 0 Å². The molecule has 166 valence electrons. The molecule has 1 unspecified atom stereocenters. The Bertz CT molecular complexity index is 852. The molecule has 1 aliphatic rings. The smallest absolute Gasteiger partial charge is 0.254 e. The van der Waals surface area contributed by atoms with Gasteiger partial charge in [-0.15, -0.1) is 0 Å². The van der Waals surface area contributed by atoms with Gasteiger partial charge >= 0.3 is 0 Å². The van der Waals surface area contributed by atoms with Crippen LogP contribution in [0.1, 0.15) is 48.3 Å². The molecule has 2 heterocycles. The van der Waals surface area contributed by atoms with Crippen LogP contribution < -0.4 is 4.74 Å². The Hall–Kier alpha value is -3.00. The highest BCUT2D eigenvalue weighted by Crippen LogP contribution is 2.22. The second-order valence-electron chi connectivity index (χ2n) is 7.69. The number of piperidine rings is 1. The van der Waals surface area contributed by atoms with Crippen molar-refractivity contribution in [2.45, 2.75) is 38.3 Å². The lowest BCUT2D eigenvalue weighted by molar-refractivity contribution is -0.133.